The van der Waals surface area contributed by atoms with Crippen LogP contribution in [-0.2, 0) is 20.7 Å². The third-order valence-electron chi connectivity index (χ3n) is 4.90. The second-order valence-corrected chi connectivity index (χ2v) is 7.32. The molecule has 23 heavy (non-hydrogen) atoms. The molecule has 3 heterocycles. The molecule has 5 heteroatoms. The molecule has 0 radical (unpaired) electrons. The van der Waals surface area contributed by atoms with Gasteiger partial charge in [0.05, 0.1) is 25.7 Å². The summed E-state index contributed by atoms with van der Waals surface area (Å²) in [5.74, 6) is 0.218. The Hall–Kier alpha value is -1.17. The molecule has 0 saturated carbocycles. The van der Waals surface area contributed by atoms with Gasteiger partial charge in [-0.1, -0.05) is 6.08 Å². The minimum Gasteiger partial charge on any atom is -0.377 e. The van der Waals surface area contributed by atoms with Crippen LogP contribution in [0.5, 0.6) is 0 Å². The van der Waals surface area contributed by atoms with Gasteiger partial charge in [-0.2, -0.15) is 11.3 Å². The van der Waals surface area contributed by atoms with Gasteiger partial charge in [0.1, 0.15) is 0 Å². The van der Waals surface area contributed by atoms with Crippen molar-refractivity contribution in [2.75, 3.05) is 32.9 Å². The van der Waals surface area contributed by atoms with Crippen molar-refractivity contribution >= 4 is 17.2 Å². The fourth-order valence-electron chi connectivity index (χ4n) is 3.74. The zero-order valence-electron chi connectivity index (χ0n) is 13.5. The summed E-state index contributed by atoms with van der Waals surface area (Å²) in [6.45, 7) is 7.27. The molecule has 4 nitrogen and oxygen atoms in total. The lowest BCUT2D eigenvalue weighted by molar-refractivity contribution is -0.163. The molecule has 2 saturated heterocycles. The molecule has 3 rings (SSSR count). The summed E-state index contributed by atoms with van der Waals surface area (Å²) in [7, 11) is 0. The molecular weight excluding hydrogens is 310 g/mol. The maximum atomic E-state index is 12.6. The molecule has 1 aromatic rings. The van der Waals surface area contributed by atoms with Crippen LogP contribution in [0, 0.1) is 5.41 Å². The van der Waals surface area contributed by atoms with Gasteiger partial charge in [0.15, 0.2) is 0 Å². The van der Waals surface area contributed by atoms with Crippen LogP contribution < -0.4 is 0 Å². The van der Waals surface area contributed by atoms with E-state index in [1.807, 2.05) is 16.3 Å². The number of nitrogens with zero attached hydrogens (tertiary/aromatic N) is 1. The van der Waals surface area contributed by atoms with Gasteiger partial charge in [0.25, 0.3) is 0 Å². The van der Waals surface area contributed by atoms with E-state index < -0.39 is 0 Å². The summed E-state index contributed by atoms with van der Waals surface area (Å²) in [4.78, 5) is 14.7. The highest BCUT2D eigenvalue weighted by Gasteiger charge is 2.47. The lowest BCUT2D eigenvalue weighted by Gasteiger charge is -2.50. The first kappa shape index (κ1) is 16.7. The van der Waals surface area contributed by atoms with Gasteiger partial charge in [-0.3, -0.25) is 4.79 Å². The molecule has 0 N–H and O–H groups in total. The minimum absolute atomic E-state index is 0.0518. The minimum atomic E-state index is -0.0518. The lowest BCUT2D eigenvalue weighted by Crippen LogP contribution is -2.58. The van der Waals surface area contributed by atoms with Crippen LogP contribution >= 0.6 is 11.3 Å². The van der Waals surface area contributed by atoms with Crippen molar-refractivity contribution in [1.82, 2.24) is 4.90 Å². The average Bonchev–Trinajstić information content (AvgIpc) is 3.07. The highest BCUT2D eigenvalue weighted by atomic mass is 32.1. The van der Waals surface area contributed by atoms with Crippen LogP contribution in [0.1, 0.15) is 24.8 Å². The third-order valence-corrected chi connectivity index (χ3v) is 5.63. The Labute approximate surface area is 142 Å². The fraction of sp³-hybridized carbons (Fsp3) is 0.611. The Morgan fingerprint density at radius 1 is 1.61 bits per heavy atom. The Kier molecular flexibility index (Phi) is 5.51. The number of fused-ring (bicyclic) bond motifs is 1. The summed E-state index contributed by atoms with van der Waals surface area (Å²) in [6.07, 6.45) is 5.51. The van der Waals surface area contributed by atoms with Gasteiger partial charge in [-0.05, 0) is 41.7 Å². The second kappa shape index (κ2) is 7.60. The molecule has 2 aliphatic heterocycles. The van der Waals surface area contributed by atoms with Crippen molar-refractivity contribution in [3.63, 3.8) is 0 Å². The molecule has 0 unspecified atom stereocenters. The summed E-state index contributed by atoms with van der Waals surface area (Å²) < 4.78 is 11.8. The van der Waals surface area contributed by atoms with Crippen LogP contribution in [0.25, 0.3) is 0 Å². The van der Waals surface area contributed by atoms with E-state index in [0.29, 0.717) is 19.6 Å². The number of hydrogen-bond acceptors (Lipinski definition) is 4. The number of rotatable bonds is 6. The summed E-state index contributed by atoms with van der Waals surface area (Å²) in [5, 5.41) is 4.08. The zero-order chi connectivity index (χ0) is 16.1. The molecular formula is C18H25NO3S. The SMILES string of the molecule is C=CCOC[C@]12CCCO[C@H]1CCN(C(=O)Cc1ccsc1)C2. The predicted molar refractivity (Wildman–Crippen MR) is 91.6 cm³/mol. The monoisotopic (exact) mass is 335 g/mol. The third kappa shape index (κ3) is 3.84. The number of likely N-dealkylation sites (tertiary alicyclic amines) is 1. The van der Waals surface area contributed by atoms with Crippen molar-refractivity contribution < 1.29 is 14.3 Å². The molecule has 2 aliphatic rings. The van der Waals surface area contributed by atoms with Crippen LogP contribution in [0.4, 0.5) is 0 Å². The number of thiophene rings is 1. The molecule has 0 bridgehead atoms. The molecule has 1 amide bonds. The number of piperidine rings is 1. The van der Waals surface area contributed by atoms with Gasteiger partial charge in [0, 0.05) is 25.1 Å². The largest absolute Gasteiger partial charge is 0.377 e. The summed E-state index contributed by atoms with van der Waals surface area (Å²) in [6, 6.07) is 2.03. The van der Waals surface area contributed by atoms with Gasteiger partial charge in [0.2, 0.25) is 5.91 Å². The first-order valence-electron chi connectivity index (χ1n) is 8.33. The summed E-state index contributed by atoms with van der Waals surface area (Å²) >= 11 is 1.64. The highest BCUT2D eigenvalue weighted by Crippen LogP contribution is 2.40. The van der Waals surface area contributed by atoms with E-state index in [1.165, 1.54) is 0 Å². The Bertz CT molecular complexity index is 530. The maximum absolute atomic E-state index is 12.6. The van der Waals surface area contributed by atoms with Crippen LogP contribution in [0.3, 0.4) is 0 Å². The zero-order valence-corrected chi connectivity index (χ0v) is 14.4. The van der Waals surface area contributed by atoms with Crippen molar-refractivity contribution in [2.45, 2.75) is 31.8 Å². The van der Waals surface area contributed by atoms with E-state index in [1.54, 1.807) is 17.4 Å². The van der Waals surface area contributed by atoms with E-state index in [4.69, 9.17) is 9.47 Å². The van der Waals surface area contributed by atoms with Crippen molar-refractivity contribution in [3.8, 4) is 0 Å². The predicted octanol–water partition coefficient (Wildman–Crippen LogP) is 2.89. The van der Waals surface area contributed by atoms with E-state index in [9.17, 15) is 4.79 Å². The Balaban J connectivity index is 1.67. The van der Waals surface area contributed by atoms with Crippen LogP contribution in [0.15, 0.2) is 29.5 Å². The van der Waals surface area contributed by atoms with Crippen molar-refractivity contribution in [2.24, 2.45) is 5.41 Å². The van der Waals surface area contributed by atoms with Crippen LogP contribution in [-0.4, -0.2) is 49.8 Å². The molecule has 2 fully saturated rings. The first-order valence-corrected chi connectivity index (χ1v) is 9.27. The molecule has 0 aromatic carbocycles. The molecule has 1 aromatic heterocycles. The average molecular weight is 335 g/mol. The lowest BCUT2D eigenvalue weighted by atomic mass is 9.73. The van der Waals surface area contributed by atoms with Crippen molar-refractivity contribution in [3.05, 3.63) is 35.0 Å². The molecule has 0 aliphatic carbocycles. The quantitative estimate of drug-likeness (QED) is 0.593. The molecule has 0 spiro atoms. The number of carbonyl (C=O) groups excluding carboxylic acids is 1. The fourth-order valence-corrected chi connectivity index (χ4v) is 4.41. The Morgan fingerprint density at radius 2 is 2.52 bits per heavy atom. The van der Waals surface area contributed by atoms with Gasteiger partial charge in [-0.25, -0.2) is 0 Å². The number of ether oxygens (including phenoxy) is 2. The van der Waals surface area contributed by atoms with Gasteiger partial charge < -0.3 is 14.4 Å². The normalized spacial score (nSPS) is 27.5. The second-order valence-electron chi connectivity index (χ2n) is 6.54. The Morgan fingerprint density at radius 3 is 3.30 bits per heavy atom. The van der Waals surface area contributed by atoms with Crippen molar-refractivity contribution in [1.29, 1.82) is 0 Å². The van der Waals surface area contributed by atoms with E-state index in [2.05, 4.69) is 12.0 Å². The smallest absolute Gasteiger partial charge is 0.227 e. The molecule has 126 valence electrons. The highest BCUT2D eigenvalue weighted by molar-refractivity contribution is 7.07. The topological polar surface area (TPSA) is 38.8 Å². The van der Waals surface area contributed by atoms with E-state index >= 15 is 0 Å². The van der Waals surface area contributed by atoms with E-state index in [-0.39, 0.29) is 17.4 Å². The summed E-state index contributed by atoms with van der Waals surface area (Å²) in [5.41, 5.74) is 1.06. The first-order chi connectivity index (χ1) is 11.2. The van der Waals surface area contributed by atoms with Gasteiger partial charge >= 0.3 is 0 Å². The van der Waals surface area contributed by atoms with Gasteiger partial charge in [-0.15, -0.1) is 6.58 Å². The van der Waals surface area contributed by atoms with E-state index in [0.717, 1.165) is 44.5 Å². The number of hydrogen-bond donors (Lipinski definition) is 0. The maximum Gasteiger partial charge on any atom is 0.227 e. The number of amides is 1. The molecule has 2 atom stereocenters. The van der Waals surface area contributed by atoms with Crippen LogP contribution in [0.2, 0.25) is 0 Å². The standard InChI is InChI=1S/C18H25NO3S/c1-2-8-21-14-18-6-3-9-22-16(18)4-7-19(13-18)17(20)11-15-5-10-23-12-15/h2,5,10,12,16H,1,3-4,6-9,11,13-14H2/t16-,18+/m0/s1. The number of carbonyl (C=O) groups is 1.